The molecule has 31 heavy (non-hydrogen) atoms. The number of pyridine rings is 1. The molecule has 0 N–H and O–H groups in total. The lowest BCUT2D eigenvalue weighted by atomic mass is 9.89. The molecule has 3 heterocycles. The van der Waals surface area contributed by atoms with Crippen LogP contribution in [0.5, 0.6) is 0 Å². The Morgan fingerprint density at radius 3 is 2.55 bits per heavy atom. The van der Waals surface area contributed by atoms with Gasteiger partial charge in [-0.1, -0.05) is 37.5 Å². The monoisotopic (exact) mass is 417 g/mol. The van der Waals surface area contributed by atoms with Crippen LogP contribution in [-0.2, 0) is 0 Å². The first-order chi connectivity index (χ1) is 15.2. The summed E-state index contributed by atoms with van der Waals surface area (Å²) in [6.45, 7) is 6.63. The van der Waals surface area contributed by atoms with Gasteiger partial charge in [-0.05, 0) is 49.9 Å². The van der Waals surface area contributed by atoms with Crippen molar-refractivity contribution in [1.82, 2.24) is 14.8 Å². The van der Waals surface area contributed by atoms with Crippen LogP contribution in [0.25, 0.3) is 22.4 Å². The first-order valence-corrected chi connectivity index (χ1v) is 11.7. The summed E-state index contributed by atoms with van der Waals surface area (Å²) in [4.78, 5) is 22.9. The first-order valence-electron chi connectivity index (χ1n) is 11.7. The number of aromatic nitrogens is 1. The van der Waals surface area contributed by atoms with E-state index in [1.165, 1.54) is 38.6 Å². The van der Waals surface area contributed by atoms with E-state index in [0.29, 0.717) is 11.5 Å². The summed E-state index contributed by atoms with van der Waals surface area (Å²) in [5, 5.41) is 0.907. The molecule has 0 bridgehead atoms. The molecule has 5 nitrogen and oxygen atoms in total. The normalized spacial score (nSPS) is 18.5. The van der Waals surface area contributed by atoms with E-state index in [9.17, 15) is 4.79 Å². The number of carbonyl (C=O) groups is 1. The van der Waals surface area contributed by atoms with Crippen molar-refractivity contribution in [3.05, 3.63) is 53.8 Å². The number of carbonyl (C=O) groups excluding carboxylic acids is 1. The molecule has 0 spiro atoms. The predicted molar refractivity (Wildman–Crippen MR) is 123 cm³/mol. The van der Waals surface area contributed by atoms with Gasteiger partial charge in [0.25, 0.3) is 5.91 Å². The second kappa shape index (κ2) is 8.83. The van der Waals surface area contributed by atoms with E-state index >= 15 is 0 Å². The number of rotatable bonds is 4. The third-order valence-corrected chi connectivity index (χ3v) is 6.84. The molecule has 2 aliphatic rings. The van der Waals surface area contributed by atoms with Crippen molar-refractivity contribution in [2.75, 3.05) is 32.7 Å². The molecule has 1 saturated carbocycles. The maximum atomic E-state index is 13.5. The highest BCUT2D eigenvalue weighted by molar-refractivity contribution is 6.07. The average molecular weight is 418 g/mol. The van der Waals surface area contributed by atoms with Crippen LogP contribution in [0.15, 0.2) is 46.9 Å². The highest BCUT2D eigenvalue weighted by Gasteiger charge is 2.26. The maximum absolute atomic E-state index is 13.5. The van der Waals surface area contributed by atoms with Gasteiger partial charge in [0, 0.05) is 38.1 Å². The summed E-state index contributed by atoms with van der Waals surface area (Å²) in [6.07, 6.45) is 6.91. The Bertz CT molecular complexity index is 1060. The minimum absolute atomic E-state index is 0.0976. The number of fused-ring (bicyclic) bond motifs is 1. The van der Waals surface area contributed by atoms with Crippen LogP contribution in [0.4, 0.5) is 0 Å². The molecule has 1 aromatic carbocycles. The number of nitrogens with zero attached hydrogens (tertiary/aromatic N) is 3. The number of hydrogen-bond acceptors (Lipinski definition) is 4. The Hall–Kier alpha value is -2.66. The van der Waals surface area contributed by atoms with E-state index < -0.39 is 0 Å². The van der Waals surface area contributed by atoms with Gasteiger partial charge >= 0.3 is 0 Å². The van der Waals surface area contributed by atoms with Crippen LogP contribution in [0.1, 0.15) is 48.2 Å². The van der Waals surface area contributed by atoms with Crippen molar-refractivity contribution in [3.63, 3.8) is 0 Å². The SMILES string of the molecule is Cc1ccc(-c2cc(C(=O)N3CCN(CC4CCCCC4)CC3)c3ccccc3n2)o1. The largest absolute Gasteiger partial charge is 0.460 e. The minimum atomic E-state index is 0.0976. The molecule has 1 saturated heterocycles. The van der Waals surface area contributed by atoms with Gasteiger partial charge in [0.1, 0.15) is 11.5 Å². The van der Waals surface area contributed by atoms with Crippen molar-refractivity contribution in [2.24, 2.45) is 5.92 Å². The van der Waals surface area contributed by atoms with Gasteiger partial charge in [0.05, 0.1) is 11.1 Å². The Morgan fingerprint density at radius 2 is 1.81 bits per heavy atom. The van der Waals surface area contributed by atoms with Crippen LogP contribution in [0.2, 0.25) is 0 Å². The second-order valence-corrected chi connectivity index (χ2v) is 9.08. The minimum Gasteiger partial charge on any atom is -0.460 e. The summed E-state index contributed by atoms with van der Waals surface area (Å²) in [5.41, 5.74) is 2.26. The summed E-state index contributed by atoms with van der Waals surface area (Å²) in [7, 11) is 0. The maximum Gasteiger partial charge on any atom is 0.254 e. The standard InChI is InChI=1S/C26H31N3O2/c1-19-11-12-25(31-19)24-17-22(21-9-5-6-10-23(21)27-24)26(30)29-15-13-28(14-16-29)18-20-7-3-2-4-8-20/h5-6,9-12,17,20H,2-4,7-8,13-16,18H2,1H3. The molecule has 5 rings (SSSR count). The molecule has 162 valence electrons. The number of benzene rings is 1. The Labute approximate surface area is 184 Å². The lowest BCUT2D eigenvalue weighted by molar-refractivity contribution is 0.0608. The number of para-hydroxylation sites is 1. The Kier molecular flexibility index (Phi) is 5.77. The molecule has 0 atom stereocenters. The number of amides is 1. The van der Waals surface area contributed by atoms with E-state index in [1.807, 2.05) is 54.3 Å². The zero-order chi connectivity index (χ0) is 21.2. The van der Waals surface area contributed by atoms with Gasteiger partial charge < -0.3 is 9.32 Å². The Balaban J connectivity index is 1.35. The van der Waals surface area contributed by atoms with Crippen molar-refractivity contribution in [1.29, 1.82) is 0 Å². The van der Waals surface area contributed by atoms with Gasteiger partial charge in [-0.15, -0.1) is 0 Å². The topological polar surface area (TPSA) is 49.6 Å². The smallest absolute Gasteiger partial charge is 0.254 e. The zero-order valence-electron chi connectivity index (χ0n) is 18.3. The molecule has 1 aliphatic carbocycles. The summed E-state index contributed by atoms with van der Waals surface area (Å²) in [5.74, 6) is 2.49. The number of piperazine rings is 1. The molecule has 3 aromatic rings. The molecule has 2 fully saturated rings. The molecule has 0 unspecified atom stereocenters. The van der Waals surface area contributed by atoms with Gasteiger partial charge in [0.2, 0.25) is 0 Å². The van der Waals surface area contributed by atoms with Crippen LogP contribution in [-0.4, -0.2) is 53.4 Å². The first kappa shape index (κ1) is 20.3. The van der Waals surface area contributed by atoms with Gasteiger partial charge in [-0.25, -0.2) is 4.98 Å². The van der Waals surface area contributed by atoms with E-state index in [0.717, 1.165) is 54.3 Å². The van der Waals surface area contributed by atoms with Gasteiger partial charge in [-0.3, -0.25) is 9.69 Å². The molecule has 0 radical (unpaired) electrons. The van der Waals surface area contributed by atoms with Gasteiger partial charge in [-0.2, -0.15) is 0 Å². The summed E-state index contributed by atoms with van der Waals surface area (Å²) in [6, 6.07) is 13.6. The van der Waals surface area contributed by atoms with Gasteiger partial charge in [0.15, 0.2) is 5.76 Å². The highest BCUT2D eigenvalue weighted by atomic mass is 16.3. The molecule has 1 amide bonds. The molecule has 5 heteroatoms. The van der Waals surface area contributed by atoms with Crippen LogP contribution < -0.4 is 0 Å². The van der Waals surface area contributed by atoms with E-state index in [4.69, 9.17) is 9.40 Å². The molecule has 2 aromatic heterocycles. The summed E-state index contributed by atoms with van der Waals surface area (Å²) < 4.78 is 5.79. The zero-order valence-corrected chi connectivity index (χ0v) is 18.3. The molecular weight excluding hydrogens is 386 g/mol. The van der Waals surface area contributed by atoms with E-state index in [1.54, 1.807) is 0 Å². The van der Waals surface area contributed by atoms with E-state index in [-0.39, 0.29) is 5.91 Å². The molecule has 1 aliphatic heterocycles. The number of furan rings is 1. The third kappa shape index (κ3) is 4.38. The van der Waals surface area contributed by atoms with Crippen molar-refractivity contribution in [2.45, 2.75) is 39.0 Å². The lowest BCUT2D eigenvalue weighted by Gasteiger charge is -2.37. The van der Waals surface area contributed by atoms with Crippen molar-refractivity contribution >= 4 is 16.8 Å². The number of aryl methyl sites for hydroxylation is 1. The van der Waals surface area contributed by atoms with Crippen LogP contribution in [0, 0.1) is 12.8 Å². The fourth-order valence-electron chi connectivity index (χ4n) is 5.09. The molecular formula is C26H31N3O2. The third-order valence-electron chi connectivity index (χ3n) is 6.84. The van der Waals surface area contributed by atoms with Crippen LogP contribution in [0.3, 0.4) is 0 Å². The fraction of sp³-hybridized carbons (Fsp3) is 0.462. The Morgan fingerprint density at radius 1 is 1.03 bits per heavy atom. The average Bonchev–Trinajstić information content (AvgIpc) is 3.25. The van der Waals surface area contributed by atoms with Crippen LogP contribution >= 0.6 is 0 Å². The fourth-order valence-corrected chi connectivity index (χ4v) is 5.09. The summed E-state index contributed by atoms with van der Waals surface area (Å²) >= 11 is 0. The van der Waals surface area contributed by atoms with Crippen molar-refractivity contribution in [3.8, 4) is 11.5 Å². The quantitative estimate of drug-likeness (QED) is 0.590. The van der Waals surface area contributed by atoms with E-state index in [2.05, 4.69) is 4.90 Å². The highest BCUT2D eigenvalue weighted by Crippen LogP contribution is 2.28. The van der Waals surface area contributed by atoms with Crippen molar-refractivity contribution < 1.29 is 9.21 Å². The number of hydrogen-bond donors (Lipinski definition) is 0. The second-order valence-electron chi connectivity index (χ2n) is 9.08. The predicted octanol–water partition coefficient (Wildman–Crippen LogP) is 5.14. The lowest BCUT2D eigenvalue weighted by Crippen LogP contribution is -2.49.